The normalized spacial score (nSPS) is 15.2. The van der Waals surface area contributed by atoms with E-state index in [0.717, 1.165) is 92.9 Å². The standard InChI is InChI=1S/C48H34N2O2/c51-47-41-27-28-42-46-40(38-24-22-36(30-44(38)48(42)52)50(33-17-9-3-10-18-33)34-19-11-4-12-20-34)26-25-39(45(41)46)37-23-21-35(29-43(37)47)49(31-13-5-1-6-14-31)32-15-7-2-8-16-32/h1,3,5-7,9-11,13-30H,2,4,8,12H2. The van der Waals surface area contributed by atoms with Gasteiger partial charge in [-0.05, 0) is 121 Å². The minimum atomic E-state index is -0.0184. The van der Waals surface area contributed by atoms with Crippen molar-refractivity contribution in [2.24, 2.45) is 0 Å². The Labute approximate surface area is 303 Å². The van der Waals surface area contributed by atoms with Gasteiger partial charge in [-0.1, -0.05) is 85.0 Å². The zero-order chi connectivity index (χ0) is 34.8. The van der Waals surface area contributed by atoms with Gasteiger partial charge in [0.05, 0.1) is 0 Å². The van der Waals surface area contributed by atoms with Crippen LogP contribution in [0.3, 0.4) is 0 Å². The van der Waals surface area contributed by atoms with Crippen LogP contribution in [-0.2, 0) is 0 Å². The molecule has 0 bridgehead atoms. The summed E-state index contributed by atoms with van der Waals surface area (Å²) in [5.74, 6) is -0.0368. The lowest BCUT2D eigenvalue weighted by Crippen LogP contribution is -2.19. The van der Waals surface area contributed by atoms with Crippen molar-refractivity contribution < 1.29 is 9.59 Å². The monoisotopic (exact) mass is 670 g/mol. The molecule has 248 valence electrons. The molecule has 0 amide bonds. The van der Waals surface area contributed by atoms with Crippen molar-refractivity contribution in [3.8, 4) is 22.3 Å². The Kier molecular flexibility index (Phi) is 7.03. The van der Waals surface area contributed by atoms with Gasteiger partial charge in [0, 0.05) is 67.2 Å². The van der Waals surface area contributed by atoms with Crippen molar-refractivity contribution in [2.45, 2.75) is 25.7 Å². The molecule has 52 heavy (non-hydrogen) atoms. The molecule has 0 saturated heterocycles. The van der Waals surface area contributed by atoms with Crippen LogP contribution in [0.2, 0.25) is 0 Å². The van der Waals surface area contributed by atoms with Crippen LogP contribution in [0, 0.1) is 0 Å². The minimum absolute atomic E-state index is 0.0184. The van der Waals surface area contributed by atoms with E-state index >= 15 is 0 Å². The Bertz CT molecular complexity index is 2430. The van der Waals surface area contributed by atoms with Gasteiger partial charge in [0.25, 0.3) is 0 Å². The summed E-state index contributed by atoms with van der Waals surface area (Å²) in [5, 5.41) is 1.73. The topological polar surface area (TPSA) is 40.6 Å². The van der Waals surface area contributed by atoms with Crippen molar-refractivity contribution in [2.75, 3.05) is 9.80 Å². The number of hydrogen-bond donors (Lipinski definition) is 0. The molecular formula is C48H34N2O2. The van der Waals surface area contributed by atoms with E-state index in [9.17, 15) is 9.59 Å². The molecule has 0 fully saturated rings. The van der Waals surface area contributed by atoms with E-state index in [2.05, 4.69) is 107 Å². The van der Waals surface area contributed by atoms with Crippen LogP contribution in [0.15, 0.2) is 169 Å². The number of benzene rings is 6. The number of nitrogens with zero attached hydrogens (tertiary/aromatic N) is 2. The number of para-hydroxylation sites is 2. The maximum Gasteiger partial charge on any atom is 0.194 e. The van der Waals surface area contributed by atoms with Crippen molar-refractivity contribution in [3.05, 3.63) is 191 Å². The fourth-order valence-corrected chi connectivity index (χ4v) is 8.38. The highest BCUT2D eigenvalue weighted by Crippen LogP contribution is 2.49. The summed E-state index contributed by atoms with van der Waals surface area (Å²) in [7, 11) is 0. The number of ketones is 2. The predicted molar refractivity (Wildman–Crippen MR) is 212 cm³/mol. The van der Waals surface area contributed by atoms with E-state index in [4.69, 9.17) is 0 Å². The van der Waals surface area contributed by atoms with Crippen molar-refractivity contribution in [1.82, 2.24) is 0 Å². The van der Waals surface area contributed by atoms with Gasteiger partial charge in [-0.25, -0.2) is 0 Å². The third-order valence-electron chi connectivity index (χ3n) is 10.7. The summed E-state index contributed by atoms with van der Waals surface area (Å²) in [5.41, 5.74) is 12.5. The SMILES string of the molecule is O=C1c2cc(N(C3=CCCC=C3)c3ccccc3)ccc2-c2ccc3c4c(ccc1c24)C(=O)c1cc(N(C2=CCCC=C2)c2ccccc2)ccc1-3. The molecular weight excluding hydrogens is 637 g/mol. The Morgan fingerprint density at radius 2 is 0.769 bits per heavy atom. The lowest BCUT2D eigenvalue weighted by atomic mass is 9.75. The Hall–Kier alpha value is -6.52. The Balaban J connectivity index is 1.10. The van der Waals surface area contributed by atoms with Crippen LogP contribution in [0.25, 0.3) is 33.0 Å². The number of hydrogen-bond acceptors (Lipinski definition) is 4. The van der Waals surface area contributed by atoms with Gasteiger partial charge in [-0.3, -0.25) is 9.59 Å². The molecule has 10 rings (SSSR count). The summed E-state index contributed by atoms with van der Waals surface area (Å²) in [6.07, 6.45) is 17.2. The Morgan fingerprint density at radius 3 is 1.17 bits per heavy atom. The molecule has 4 aliphatic rings. The third kappa shape index (κ3) is 4.68. The summed E-state index contributed by atoms with van der Waals surface area (Å²) in [4.78, 5) is 33.4. The fourth-order valence-electron chi connectivity index (χ4n) is 8.38. The van der Waals surface area contributed by atoms with Crippen molar-refractivity contribution >= 4 is 45.1 Å². The number of anilines is 4. The molecule has 0 N–H and O–H groups in total. The molecule has 0 aromatic heterocycles. The molecule has 0 spiro atoms. The van der Waals surface area contributed by atoms with E-state index < -0.39 is 0 Å². The first-order chi connectivity index (χ1) is 25.7. The molecule has 6 aromatic carbocycles. The first-order valence-electron chi connectivity index (χ1n) is 18.1. The highest BCUT2D eigenvalue weighted by Gasteiger charge is 2.33. The van der Waals surface area contributed by atoms with Gasteiger partial charge in [-0.15, -0.1) is 0 Å². The second-order valence-electron chi connectivity index (χ2n) is 13.7. The maximum atomic E-state index is 14.5. The average Bonchev–Trinajstić information content (AvgIpc) is 3.21. The van der Waals surface area contributed by atoms with Gasteiger partial charge in [0.15, 0.2) is 11.6 Å². The molecule has 0 atom stereocenters. The van der Waals surface area contributed by atoms with Crippen LogP contribution in [0.5, 0.6) is 0 Å². The average molecular weight is 671 g/mol. The van der Waals surface area contributed by atoms with Gasteiger partial charge in [-0.2, -0.15) is 0 Å². The van der Waals surface area contributed by atoms with Gasteiger partial charge in [0.1, 0.15) is 0 Å². The summed E-state index contributed by atoms with van der Waals surface area (Å²) < 4.78 is 0. The molecule has 4 nitrogen and oxygen atoms in total. The predicted octanol–water partition coefficient (Wildman–Crippen LogP) is 12.0. The highest BCUT2D eigenvalue weighted by atomic mass is 16.1. The molecule has 0 radical (unpaired) electrons. The van der Waals surface area contributed by atoms with E-state index in [1.165, 1.54) is 0 Å². The zero-order valence-electron chi connectivity index (χ0n) is 28.6. The molecule has 0 saturated carbocycles. The fraction of sp³-hybridized carbons (Fsp3) is 0.0833. The largest absolute Gasteiger partial charge is 0.311 e. The Morgan fingerprint density at radius 1 is 0.365 bits per heavy atom. The lowest BCUT2D eigenvalue weighted by molar-refractivity contribution is 0.102. The van der Waals surface area contributed by atoms with E-state index in [1.807, 2.05) is 60.7 Å². The molecule has 0 aliphatic heterocycles. The molecule has 6 aromatic rings. The van der Waals surface area contributed by atoms with Crippen LogP contribution in [-0.4, -0.2) is 11.6 Å². The molecule has 0 unspecified atom stereocenters. The second kappa shape index (κ2) is 12.1. The maximum absolute atomic E-state index is 14.5. The van der Waals surface area contributed by atoms with Gasteiger partial charge >= 0.3 is 0 Å². The summed E-state index contributed by atoms with van der Waals surface area (Å²) in [6.45, 7) is 0. The van der Waals surface area contributed by atoms with Crippen LogP contribution in [0.4, 0.5) is 22.7 Å². The van der Waals surface area contributed by atoms with E-state index in [1.54, 1.807) is 0 Å². The number of fused-ring (bicyclic) bond motifs is 4. The number of carbonyl (C=O) groups is 2. The van der Waals surface area contributed by atoms with Gasteiger partial charge in [0.2, 0.25) is 0 Å². The molecule has 0 heterocycles. The number of carbonyl (C=O) groups excluding carboxylic acids is 2. The van der Waals surface area contributed by atoms with Crippen molar-refractivity contribution in [3.63, 3.8) is 0 Å². The number of rotatable bonds is 6. The summed E-state index contributed by atoms with van der Waals surface area (Å²) in [6, 6.07) is 41.1. The first-order valence-corrected chi connectivity index (χ1v) is 18.1. The molecule has 4 heteroatoms. The van der Waals surface area contributed by atoms with E-state index in [0.29, 0.717) is 22.3 Å². The smallest absolute Gasteiger partial charge is 0.194 e. The van der Waals surface area contributed by atoms with Crippen LogP contribution >= 0.6 is 0 Å². The van der Waals surface area contributed by atoms with Crippen molar-refractivity contribution in [1.29, 1.82) is 0 Å². The number of allylic oxidation sites excluding steroid dienone is 6. The van der Waals surface area contributed by atoms with Crippen LogP contribution in [0.1, 0.15) is 57.5 Å². The minimum Gasteiger partial charge on any atom is -0.311 e. The third-order valence-corrected chi connectivity index (χ3v) is 10.7. The van der Waals surface area contributed by atoms with Gasteiger partial charge < -0.3 is 9.80 Å². The highest BCUT2D eigenvalue weighted by molar-refractivity contribution is 6.34. The quantitative estimate of drug-likeness (QED) is 0.177. The van der Waals surface area contributed by atoms with E-state index in [-0.39, 0.29) is 11.6 Å². The zero-order valence-corrected chi connectivity index (χ0v) is 28.6. The first kappa shape index (κ1) is 30.3. The summed E-state index contributed by atoms with van der Waals surface area (Å²) >= 11 is 0. The lowest BCUT2D eigenvalue weighted by Gasteiger charge is -2.31. The van der Waals surface area contributed by atoms with Crippen LogP contribution < -0.4 is 9.80 Å². The molecule has 4 aliphatic carbocycles. The second-order valence-corrected chi connectivity index (χ2v) is 13.7.